The normalized spacial score (nSPS) is 12.4. The first kappa shape index (κ1) is 11.9. The van der Waals surface area contributed by atoms with Crippen molar-refractivity contribution in [2.45, 2.75) is 13.3 Å². The van der Waals surface area contributed by atoms with Crippen LogP contribution < -0.4 is 22.3 Å². The largest absolute Gasteiger partial charge is 0.388 e. The zero-order valence-electron chi connectivity index (χ0n) is 7.85. The van der Waals surface area contributed by atoms with E-state index in [1.165, 1.54) is 0 Å². The molecule has 0 heterocycles. The third kappa shape index (κ3) is 7.23. The van der Waals surface area contributed by atoms with Crippen LogP contribution in [0.5, 0.6) is 0 Å². The van der Waals surface area contributed by atoms with Crippen LogP contribution in [0.15, 0.2) is 0 Å². The number of hydrogen-bond acceptors (Lipinski definition) is 4. The lowest BCUT2D eigenvalue weighted by molar-refractivity contribution is 0.507. The first-order valence-electron chi connectivity index (χ1n) is 4.16. The summed E-state index contributed by atoms with van der Waals surface area (Å²) in [7, 11) is 0. The van der Waals surface area contributed by atoms with Gasteiger partial charge in [0.25, 0.3) is 0 Å². The highest BCUT2D eigenvalue weighted by Crippen LogP contribution is 1.88. The summed E-state index contributed by atoms with van der Waals surface area (Å²) < 4.78 is 0. The van der Waals surface area contributed by atoms with Crippen LogP contribution in [0, 0.1) is 16.7 Å². The first-order valence-corrected chi connectivity index (χ1v) is 4.16. The zero-order valence-corrected chi connectivity index (χ0v) is 7.85. The Morgan fingerprint density at radius 3 is 2.38 bits per heavy atom. The lowest BCUT2D eigenvalue weighted by Gasteiger charge is -2.11. The van der Waals surface area contributed by atoms with Crippen molar-refractivity contribution in [3.63, 3.8) is 0 Å². The van der Waals surface area contributed by atoms with Gasteiger partial charge < -0.3 is 11.5 Å². The van der Waals surface area contributed by atoms with Crippen molar-refractivity contribution in [2.24, 2.45) is 17.4 Å². The molecule has 0 bridgehead atoms. The van der Waals surface area contributed by atoms with Crippen LogP contribution in [0.1, 0.15) is 13.3 Å². The van der Waals surface area contributed by atoms with E-state index in [4.69, 9.17) is 22.3 Å². The van der Waals surface area contributed by atoms with Crippen LogP contribution in [0.3, 0.4) is 0 Å². The van der Waals surface area contributed by atoms with Crippen molar-refractivity contribution in [1.29, 1.82) is 10.8 Å². The molecular weight excluding hydrogens is 168 g/mol. The molecular formula is C7H18N6. The number of nitrogens with one attached hydrogen (secondary N) is 4. The molecule has 0 aromatic carbocycles. The minimum absolute atomic E-state index is 0.0184. The molecule has 1 unspecified atom stereocenters. The molecule has 0 saturated carbocycles. The second kappa shape index (κ2) is 6.38. The zero-order chi connectivity index (χ0) is 10.3. The van der Waals surface area contributed by atoms with Crippen molar-refractivity contribution in [1.82, 2.24) is 10.9 Å². The van der Waals surface area contributed by atoms with E-state index in [2.05, 4.69) is 10.9 Å². The minimum atomic E-state index is 0.0184. The molecule has 0 rings (SSSR count). The molecule has 1 atom stereocenters. The summed E-state index contributed by atoms with van der Waals surface area (Å²) in [6, 6.07) is 0. The van der Waals surface area contributed by atoms with Crippen LogP contribution >= 0.6 is 0 Å². The molecule has 6 heteroatoms. The van der Waals surface area contributed by atoms with E-state index in [1.54, 1.807) is 0 Å². The Morgan fingerprint density at radius 1 is 1.31 bits per heavy atom. The van der Waals surface area contributed by atoms with Gasteiger partial charge >= 0.3 is 0 Å². The van der Waals surface area contributed by atoms with Crippen molar-refractivity contribution in [3.05, 3.63) is 0 Å². The highest BCUT2D eigenvalue weighted by molar-refractivity contribution is 5.79. The quantitative estimate of drug-likeness (QED) is 0.132. The molecule has 0 amide bonds. The van der Waals surface area contributed by atoms with Crippen LogP contribution in [0.4, 0.5) is 0 Å². The van der Waals surface area contributed by atoms with E-state index < -0.39 is 0 Å². The minimum Gasteiger partial charge on any atom is -0.388 e. The lowest BCUT2D eigenvalue weighted by atomic mass is 10.2. The van der Waals surface area contributed by atoms with Crippen LogP contribution in [0.2, 0.25) is 0 Å². The van der Waals surface area contributed by atoms with Gasteiger partial charge in [0.2, 0.25) is 0 Å². The summed E-state index contributed by atoms with van der Waals surface area (Å²) in [5.41, 5.74) is 16.2. The molecule has 0 aliphatic carbocycles. The Kier molecular flexibility index (Phi) is 5.82. The lowest BCUT2D eigenvalue weighted by Crippen LogP contribution is -2.40. The highest BCUT2D eigenvalue weighted by atomic mass is 15.3. The van der Waals surface area contributed by atoms with E-state index in [0.717, 1.165) is 0 Å². The SMILES string of the molecule is CC(CNNCCC(=N)N)C(=N)N. The third-order valence-electron chi connectivity index (χ3n) is 1.58. The average Bonchev–Trinajstić information content (AvgIpc) is 2.02. The molecule has 76 valence electrons. The maximum absolute atomic E-state index is 7.10. The van der Waals surface area contributed by atoms with Crippen LogP contribution in [-0.4, -0.2) is 24.8 Å². The van der Waals surface area contributed by atoms with Gasteiger partial charge in [-0.15, -0.1) is 0 Å². The number of hydrogen-bond donors (Lipinski definition) is 6. The van der Waals surface area contributed by atoms with Gasteiger partial charge in [0.1, 0.15) is 0 Å². The summed E-state index contributed by atoms with van der Waals surface area (Å²) in [5.74, 6) is 0.347. The van der Waals surface area contributed by atoms with Crippen LogP contribution in [0.25, 0.3) is 0 Å². The number of nitrogens with two attached hydrogens (primary N) is 2. The fourth-order valence-electron chi connectivity index (χ4n) is 0.621. The van der Waals surface area contributed by atoms with Crippen molar-refractivity contribution in [3.8, 4) is 0 Å². The van der Waals surface area contributed by atoms with Gasteiger partial charge in [-0.05, 0) is 0 Å². The maximum Gasteiger partial charge on any atom is 0.0947 e. The smallest absolute Gasteiger partial charge is 0.0947 e. The van der Waals surface area contributed by atoms with Gasteiger partial charge in [0.15, 0.2) is 0 Å². The van der Waals surface area contributed by atoms with E-state index >= 15 is 0 Å². The second-order valence-electron chi connectivity index (χ2n) is 2.94. The molecule has 0 fully saturated rings. The fourth-order valence-corrected chi connectivity index (χ4v) is 0.621. The Balaban J connectivity index is 3.26. The summed E-state index contributed by atoms with van der Waals surface area (Å²) >= 11 is 0. The average molecular weight is 186 g/mol. The number of rotatable bonds is 7. The molecule has 0 spiro atoms. The summed E-state index contributed by atoms with van der Waals surface area (Å²) in [6.07, 6.45) is 0.515. The molecule has 0 aliphatic heterocycles. The highest BCUT2D eigenvalue weighted by Gasteiger charge is 2.02. The van der Waals surface area contributed by atoms with E-state index in [-0.39, 0.29) is 17.6 Å². The monoisotopic (exact) mass is 186 g/mol. The molecule has 0 aromatic rings. The van der Waals surface area contributed by atoms with Gasteiger partial charge in [-0.2, -0.15) is 0 Å². The summed E-state index contributed by atoms with van der Waals surface area (Å²) in [5, 5.41) is 14.0. The van der Waals surface area contributed by atoms with Crippen molar-refractivity contribution in [2.75, 3.05) is 13.1 Å². The second-order valence-corrected chi connectivity index (χ2v) is 2.94. The summed E-state index contributed by atoms with van der Waals surface area (Å²) in [6.45, 7) is 3.08. The van der Waals surface area contributed by atoms with Gasteiger partial charge in [0.05, 0.1) is 11.7 Å². The molecule has 8 N–H and O–H groups in total. The standard InChI is InChI=1S/C7H18N6/c1-5(7(10)11)4-13-12-3-2-6(8)9/h5,12-13H,2-4H2,1H3,(H3,8,9)(H3,10,11). The maximum atomic E-state index is 7.10. The predicted octanol–water partition coefficient (Wildman–Crippen LogP) is -1.02. The predicted molar refractivity (Wildman–Crippen MR) is 53.6 cm³/mol. The molecule has 6 nitrogen and oxygen atoms in total. The van der Waals surface area contributed by atoms with Crippen molar-refractivity contribution >= 4 is 11.7 Å². The molecule has 0 saturated heterocycles. The molecule has 0 aromatic heterocycles. The van der Waals surface area contributed by atoms with E-state index in [0.29, 0.717) is 19.5 Å². The molecule has 0 aliphatic rings. The fraction of sp³-hybridized carbons (Fsp3) is 0.714. The summed E-state index contributed by atoms with van der Waals surface area (Å²) in [4.78, 5) is 0. The van der Waals surface area contributed by atoms with E-state index in [9.17, 15) is 0 Å². The van der Waals surface area contributed by atoms with Crippen LogP contribution in [-0.2, 0) is 0 Å². The Bertz CT molecular complexity index is 178. The Labute approximate surface area is 78.0 Å². The van der Waals surface area contributed by atoms with Gasteiger partial charge in [-0.25, -0.2) is 0 Å². The number of hydrazine groups is 1. The Hall–Kier alpha value is -1.14. The van der Waals surface area contributed by atoms with Gasteiger partial charge in [-0.3, -0.25) is 21.7 Å². The molecule has 0 radical (unpaired) electrons. The molecule has 13 heavy (non-hydrogen) atoms. The Morgan fingerprint density at radius 2 is 1.92 bits per heavy atom. The first-order chi connectivity index (χ1) is 6.04. The van der Waals surface area contributed by atoms with Gasteiger partial charge in [0, 0.05) is 25.4 Å². The van der Waals surface area contributed by atoms with Crippen molar-refractivity contribution < 1.29 is 0 Å². The topological polar surface area (TPSA) is 124 Å². The third-order valence-corrected chi connectivity index (χ3v) is 1.58. The number of amidine groups is 2. The van der Waals surface area contributed by atoms with E-state index in [1.807, 2.05) is 6.92 Å². The van der Waals surface area contributed by atoms with Gasteiger partial charge in [-0.1, -0.05) is 6.92 Å².